The molecule has 8 amide bonds. The first-order valence-corrected chi connectivity index (χ1v) is 29.5. The zero-order valence-corrected chi connectivity index (χ0v) is 50.6. The summed E-state index contributed by atoms with van der Waals surface area (Å²) in [4.78, 5) is 172. The summed E-state index contributed by atoms with van der Waals surface area (Å²) in [5.74, 6) is -10.7. The molecule has 2 aromatic rings. The number of urea groups is 1. The smallest absolute Gasteiger partial charge is 0.326 e. The molecule has 1 saturated carbocycles. The first-order chi connectivity index (χ1) is 42.1. The van der Waals surface area contributed by atoms with Crippen LogP contribution in [0.2, 0.25) is 0 Å². The molecule has 1 aliphatic heterocycles. The second-order valence-corrected chi connectivity index (χ2v) is 22.6. The fourth-order valence-corrected chi connectivity index (χ4v) is 10.2. The number of amides is 8. The molecule has 2 fully saturated rings. The molecule has 1 heterocycles. The molecular formula is C58H86N12O19. The zero-order valence-electron chi connectivity index (χ0n) is 50.6. The number of hydrogen-bond acceptors (Lipinski definition) is 17. The van der Waals surface area contributed by atoms with Gasteiger partial charge in [-0.15, -0.1) is 0 Å². The molecule has 4 rings (SSSR count). The van der Waals surface area contributed by atoms with Gasteiger partial charge >= 0.3 is 41.8 Å². The summed E-state index contributed by atoms with van der Waals surface area (Å²) in [5.41, 5.74) is 0.785. The lowest BCUT2D eigenvalue weighted by molar-refractivity contribution is -0.143. The molecule has 0 unspecified atom stereocenters. The van der Waals surface area contributed by atoms with E-state index in [0.717, 1.165) is 26.1 Å². The maximum absolute atomic E-state index is 13.8. The number of fused-ring (bicyclic) bond motifs is 1. The first-order valence-electron chi connectivity index (χ1n) is 29.5. The lowest BCUT2D eigenvalue weighted by Gasteiger charge is -2.33. The number of carbonyl (C=O) groups is 13. The van der Waals surface area contributed by atoms with Crippen molar-refractivity contribution in [3.8, 4) is 0 Å². The second-order valence-electron chi connectivity index (χ2n) is 22.6. The summed E-state index contributed by atoms with van der Waals surface area (Å²) < 4.78 is 0. The average Bonchev–Trinajstić information content (AvgIpc) is 2.20. The van der Waals surface area contributed by atoms with E-state index < -0.39 is 121 Å². The minimum atomic E-state index is -1.56. The highest BCUT2D eigenvalue weighted by Gasteiger charge is 2.32. The summed E-state index contributed by atoms with van der Waals surface area (Å²) in [6, 6.07) is 8.29. The van der Waals surface area contributed by atoms with E-state index in [9.17, 15) is 87.9 Å². The van der Waals surface area contributed by atoms with Gasteiger partial charge < -0.3 is 71.9 Å². The highest BCUT2D eigenvalue weighted by molar-refractivity contribution is 5.91. The third-order valence-corrected chi connectivity index (χ3v) is 15.5. The van der Waals surface area contributed by atoms with Gasteiger partial charge in [0.15, 0.2) is 0 Å². The van der Waals surface area contributed by atoms with E-state index in [-0.39, 0.29) is 136 Å². The SMILES string of the molecule is CN(CC(=O)NCC1CCC(C(=O)N[C@@H](Cc2ccc3ccccc3c2)C(=O)NCCCC[C@H](NC(=O)N[C@@H](CCC(=O)O)C(=O)O)C(=O)O)CC1)C(=O)CN(C)C(=O)CN(C)C(=O)CN1CCN(CC(=O)O)CCN(CC(=O)O)CCN(CC(=O)O)CC1. The summed E-state index contributed by atoms with van der Waals surface area (Å²) in [7, 11) is 4.19. The van der Waals surface area contributed by atoms with Crippen LogP contribution in [0.4, 0.5) is 4.79 Å². The summed E-state index contributed by atoms with van der Waals surface area (Å²) in [6.07, 6.45) is 1.65. The van der Waals surface area contributed by atoms with Crippen molar-refractivity contribution in [1.82, 2.24) is 60.9 Å². The Morgan fingerprint density at radius 1 is 0.506 bits per heavy atom. The minimum absolute atomic E-state index is 0.00333. The molecule has 3 atom stereocenters. The molecule has 31 nitrogen and oxygen atoms in total. The molecule has 2 aromatic carbocycles. The molecule has 1 aliphatic carbocycles. The van der Waals surface area contributed by atoms with Crippen molar-refractivity contribution in [3.05, 3.63) is 48.0 Å². The summed E-state index contributed by atoms with van der Waals surface area (Å²) >= 11 is 0. The number of rotatable bonds is 33. The number of carboxylic acid groups (broad SMARTS) is 6. The lowest BCUT2D eigenvalue weighted by atomic mass is 9.81. The van der Waals surface area contributed by atoms with Crippen molar-refractivity contribution >= 4 is 88.1 Å². The number of likely N-dealkylation sites (N-methyl/N-ethyl adjacent to an activating group) is 3. The largest absolute Gasteiger partial charge is 0.481 e. The Bertz CT molecular complexity index is 2770. The van der Waals surface area contributed by atoms with Gasteiger partial charge in [0.1, 0.15) is 18.1 Å². The highest BCUT2D eigenvalue weighted by Crippen LogP contribution is 2.29. The van der Waals surface area contributed by atoms with Gasteiger partial charge in [0.2, 0.25) is 35.4 Å². The van der Waals surface area contributed by atoms with E-state index in [2.05, 4.69) is 26.6 Å². The van der Waals surface area contributed by atoms with Gasteiger partial charge in [-0.05, 0) is 73.6 Å². The van der Waals surface area contributed by atoms with Gasteiger partial charge in [-0.2, -0.15) is 0 Å². The van der Waals surface area contributed by atoms with Crippen LogP contribution >= 0.6 is 0 Å². The number of benzene rings is 2. The van der Waals surface area contributed by atoms with Crippen LogP contribution in [0.1, 0.15) is 63.4 Å². The van der Waals surface area contributed by atoms with E-state index in [1.54, 1.807) is 19.6 Å². The van der Waals surface area contributed by atoms with Crippen molar-refractivity contribution < 1.29 is 93.0 Å². The molecule has 0 aromatic heterocycles. The van der Waals surface area contributed by atoms with Crippen LogP contribution in [0.5, 0.6) is 0 Å². The minimum Gasteiger partial charge on any atom is -0.481 e. The Kier molecular flexibility index (Phi) is 30.6. The first kappa shape index (κ1) is 72.9. The lowest BCUT2D eigenvalue weighted by Crippen LogP contribution is -2.51. The molecule has 0 bridgehead atoms. The molecule has 1 saturated heterocycles. The van der Waals surface area contributed by atoms with Crippen LogP contribution in [0.3, 0.4) is 0 Å². The molecular weight excluding hydrogens is 1170 g/mol. The summed E-state index contributed by atoms with van der Waals surface area (Å²) in [6.45, 7) is -0.412. The molecule has 11 N–H and O–H groups in total. The Labute approximate surface area is 515 Å². The van der Waals surface area contributed by atoms with Crippen molar-refractivity contribution in [2.45, 2.75) is 82.3 Å². The van der Waals surface area contributed by atoms with Gasteiger partial charge in [0.25, 0.3) is 0 Å². The Morgan fingerprint density at radius 3 is 1.47 bits per heavy atom. The number of carbonyl (C=O) groups excluding carboxylic acids is 7. The van der Waals surface area contributed by atoms with Crippen LogP contribution in [0.15, 0.2) is 42.5 Å². The van der Waals surface area contributed by atoms with Crippen LogP contribution in [0.25, 0.3) is 10.8 Å². The van der Waals surface area contributed by atoms with Gasteiger partial charge in [-0.1, -0.05) is 42.5 Å². The van der Waals surface area contributed by atoms with Crippen LogP contribution in [0, 0.1) is 11.8 Å². The number of carboxylic acids is 6. The number of hydrogen-bond donors (Lipinski definition) is 11. The van der Waals surface area contributed by atoms with Gasteiger partial charge in [-0.3, -0.25) is 67.5 Å². The van der Waals surface area contributed by atoms with Gasteiger partial charge in [0.05, 0.1) is 45.8 Å². The zero-order chi connectivity index (χ0) is 65.7. The third-order valence-electron chi connectivity index (χ3n) is 15.5. The Hall–Kier alpha value is -8.55. The van der Waals surface area contributed by atoms with Crippen molar-refractivity contribution in [1.29, 1.82) is 0 Å². The summed E-state index contributed by atoms with van der Waals surface area (Å²) in [5, 5.41) is 71.2. The average molecular weight is 1260 g/mol. The van der Waals surface area contributed by atoms with E-state index in [0.29, 0.717) is 25.7 Å². The molecule has 31 heteroatoms. The Morgan fingerprint density at radius 2 is 0.978 bits per heavy atom. The number of unbranched alkanes of at least 4 members (excludes halogenated alkanes) is 1. The van der Waals surface area contributed by atoms with Crippen molar-refractivity contribution in [2.24, 2.45) is 11.8 Å². The van der Waals surface area contributed by atoms with Crippen LogP contribution in [-0.2, 0) is 64.0 Å². The predicted molar refractivity (Wildman–Crippen MR) is 318 cm³/mol. The normalized spacial score (nSPS) is 17.4. The predicted octanol–water partition coefficient (Wildman–Crippen LogP) is -2.00. The molecule has 0 radical (unpaired) electrons. The van der Waals surface area contributed by atoms with E-state index >= 15 is 0 Å². The van der Waals surface area contributed by atoms with E-state index in [1.807, 2.05) is 42.5 Å². The van der Waals surface area contributed by atoms with E-state index in [1.165, 1.54) is 26.0 Å². The fourth-order valence-electron chi connectivity index (χ4n) is 10.2. The maximum atomic E-state index is 13.8. The Balaban J connectivity index is 1.23. The molecule has 2 aliphatic rings. The molecule has 0 spiro atoms. The quantitative estimate of drug-likeness (QED) is 0.0344. The van der Waals surface area contributed by atoms with Crippen molar-refractivity contribution in [3.63, 3.8) is 0 Å². The fraction of sp³-hybridized carbons (Fsp3) is 0.603. The molecule has 492 valence electrons. The van der Waals surface area contributed by atoms with Gasteiger partial charge in [-0.25, -0.2) is 14.4 Å². The van der Waals surface area contributed by atoms with E-state index in [4.69, 9.17) is 5.11 Å². The number of nitrogens with zero attached hydrogens (tertiary/aromatic N) is 7. The van der Waals surface area contributed by atoms with Crippen LogP contribution in [-0.4, -0.2) is 293 Å². The van der Waals surface area contributed by atoms with Gasteiger partial charge in [0, 0.05) is 105 Å². The highest BCUT2D eigenvalue weighted by atomic mass is 16.4. The monoisotopic (exact) mass is 1250 g/mol. The molecule has 89 heavy (non-hydrogen) atoms. The van der Waals surface area contributed by atoms with Crippen LogP contribution < -0.4 is 26.6 Å². The topological polar surface area (TPSA) is 426 Å². The number of nitrogens with one attached hydrogen (secondary N) is 5. The van der Waals surface area contributed by atoms with Crippen molar-refractivity contribution in [2.75, 3.05) is 132 Å². The standard InChI is InChI=1S/C58H86N12O19/c1-64(47(72)32-65(2)48(73)33-66(3)49(74)34-67-20-22-68(35-51(77)78)24-26-70(37-53(81)82)27-25-69(23-21-67)36-52(79)80)31-46(71)60-30-38-11-15-41(16-12-38)54(83)61-45(29-39-13-14-40-8-4-5-9-42(40)28-39)55(84)59-19-7-6-10-43(56(85)86)62-58(89)63-44(57(87)88)17-18-50(75)76/h4-5,8-9,13-14,28,38,41,43-45H,6-7,10-12,15-27,29-37H2,1-3H3,(H,59,84)(H,60,71)(H,61,83)(H,75,76)(H,77,78)(H,79,80)(H,81,82)(H,85,86)(H,87,88)(H2,62,63,89)/t38?,41?,43-,44-,45-/m0/s1. The third kappa shape index (κ3) is 27.6. The number of aliphatic carboxylic acids is 6. The second kappa shape index (κ2) is 37.3. The maximum Gasteiger partial charge on any atom is 0.326 e.